The molecule has 1 saturated carbocycles. The molecular weight excluding hydrogens is 433 g/mol. The van der Waals surface area contributed by atoms with E-state index in [-0.39, 0.29) is 36.1 Å². The number of carbonyl (C=O) groups excluding carboxylic acids is 2. The lowest BCUT2D eigenvalue weighted by Crippen LogP contribution is -2.44. The third-order valence-electron chi connectivity index (χ3n) is 6.17. The third-order valence-corrected chi connectivity index (χ3v) is 6.17. The van der Waals surface area contributed by atoms with Crippen molar-refractivity contribution in [3.05, 3.63) is 53.7 Å². The summed E-state index contributed by atoms with van der Waals surface area (Å²) in [5.74, 6) is -0.590. The summed E-state index contributed by atoms with van der Waals surface area (Å²) in [4.78, 5) is 30.3. The normalized spacial score (nSPS) is 19.6. The molecule has 2 aromatic rings. The first-order chi connectivity index (χ1) is 15.7. The number of benzene rings is 1. The summed E-state index contributed by atoms with van der Waals surface area (Å²) in [7, 11) is 0. The fourth-order valence-corrected chi connectivity index (χ4v) is 4.11. The number of hydrogen-bond donors (Lipinski definition) is 2. The third kappa shape index (κ3) is 5.64. The van der Waals surface area contributed by atoms with Gasteiger partial charge in [-0.15, -0.1) is 0 Å². The van der Waals surface area contributed by atoms with Crippen molar-refractivity contribution in [1.29, 1.82) is 0 Å². The molecule has 4 rings (SSSR count). The van der Waals surface area contributed by atoms with Crippen LogP contribution in [0, 0.1) is 11.8 Å². The average molecular weight is 461 g/mol. The van der Waals surface area contributed by atoms with E-state index in [1.807, 2.05) is 19.1 Å². The van der Waals surface area contributed by atoms with E-state index in [1.165, 1.54) is 12.3 Å². The van der Waals surface area contributed by atoms with Gasteiger partial charge in [0.2, 0.25) is 11.8 Å². The molecule has 1 aromatic heterocycles. The number of hydrogen-bond acceptors (Lipinski definition) is 4. The summed E-state index contributed by atoms with van der Waals surface area (Å²) < 4.78 is 40.2. The molecule has 2 aliphatic rings. The zero-order chi connectivity index (χ0) is 23.6. The molecular formula is C24H27F3N4O2. The Morgan fingerprint density at radius 1 is 1.06 bits per heavy atom. The molecule has 176 valence electrons. The van der Waals surface area contributed by atoms with Gasteiger partial charge in [0, 0.05) is 30.9 Å². The van der Waals surface area contributed by atoms with Gasteiger partial charge in [-0.05, 0) is 62.4 Å². The van der Waals surface area contributed by atoms with Crippen LogP contribution in [-0.4, -0.2) is 29.9 Å². The minimum absolute atomic E-state index is 0.0348. The van der Waals surface area contributed by atoms with Gasteiger partial charge in [-0.1, -0.05) is 12.1 Å². The number of carbonyl (C=O) groups is 2. The molecule has 1 aromatic carbocycles. The molecule has 0 spiro atoms. The van der Waals surface area contributed by atoms with Crippen molar-refractivity contribution in [3.8, 4) is 0 Å². The maximum absolute atomic E-state index is 13.4. The van der Waals surface area contributed by atoms with Gasteiger partial charge in [0.1, 0.15) is 5.82 Å². The van der Waals surface area contributed by atoms with Gasteiger partial charge in [0.25, 0.3) is 0 Å². The van der Waals surface area contributed by atoms with Gasteiger partial charge in [-0.25, -0.2) is 4.98 Å². The number of aromatic nitrogens is 1. The molecule has 2 atom stereocenters. The standard InChI is InChI=1S/C24H27F3N4O2/c1-15(16-8-10-19(11-9-16)30-22(32)17-6-7-17)29-23(33)18-4-3-13-31(14-18)21-20(24(25,26)27)5-2-12-28-21/h2,5,8-12,15,17-18H,3-4,6-7,13-14H2,1H3,(H,29,33)(H,30,32). The molecule has 0 radical (unpaired) electrons. The Kier molecular flexibility index (Phi) is 6.58. The summed E-state index contributed by atoms with van der Waals surface area (Å²) in [5.41, 5.74) is 0.811. The molecule has 2 amide bonds. The summed E-state index contributed by atoms with van der Waals surface area (Å²) in [6.45, 7) is 2.47. The van der Waals surface area contributed by atoms with Gasteiger partial charge in [0.15, 0.2) is 0 Å². The van der Waals surface area contributed by atoms with Gasteiger partial charge < -0.3 is 15.5 Å². The van der Waals surface area contributed by atoms with Crippen LogP contribution in [0.15, 0.2) is 42.6 Å². The van der Waals surface area contributed by atoms with Crippen LogP contribution >= 0.6 is 0 Å². The first-order valence-corrected chi connectivity index (χ1v) is 11.2. The van der Waals surface area contributed by atoms with Crippen molar-refractivity contribution in [3.63, 3.8) is 0 Å². The van der Waals surface area contributed by atoms with Crippen molar-refractivity contribution in [2.45, 2.75) is 44.8 Å². The maximum atomic E-state index is 13.4. The Bertz CT molecular complexity index is 1010. The topological polar surface area (TPSA) is 74.3 Å². The Labute approximate surface area is 190 Å². The number of alkyl halides is 3. The molecule has 2 N–H and O–H groups in total. The second kappa shape index (κ2) is 9.41. The zero-order valence-corrected chi connectivity index (χ0v) is 18.4. The number of halogens is 3. The highest BCUT2D eigenvalue weighted by Crippen LogP contribution is 2.36. The number of nitrogens with one attached hydrogen (secondary N) is 2. The molecule has 2 fully saturated rings. The fraction of sp³-hybridized carbons (Fsp3) is 0.458. The molecule has 1 saturated heterocycles. The van der Waals surface area contributed by atoms with Crippen LogP contribution in [0.2, 0.25) is 0 Å². The van der Waals surface area contributed by atoms with Gasteiger partial charge in [-0.3, -0.25) is 9.59 Å². The molecule has 1 aliphatic carbocycles. The van der Waals surface area contributed by atoms with E-state index in [4.69, 9.17) is 0 Å². The summed E-state index contributed by atoms with van der Waals surface area (Å²) in [5, 5.41) is 5.86. The maximum Gasteiger partial charge on any atom is 0.419 e. The van der Waals surface area contributed by atoms with Crippen molar-refractivity contribution in [1.82, 2.24) is 10.3 Å². The number of pyridine rings is 1. The minimum atomic E-state index is -4.50. The van der Waals surface area contributed by atoms with Crippen LogP contribution in [0.3, 0.4) is 0 Å². The van der Waals surface area contributed by atoms with E-state index in [2.05, 4.69) is 15.6 Å². The Morgan fingerprint density at radius 3 is 2.45 bits per heavy atom. The van der Waals surface area contributed by atoms with Crippen LogP contribution in [0.1, 0.15) is 49.8 Å². The van der Waals surface area contributed by atoms with E-state index >= 15 is 0 Å². The molecule has 33 heavy (non-hydrogen) atoms. The summed E-state index contributed by atoms with van der Waals surface area (Å²) >= 11 is 0. The Hall–Kier alpha value is -3.10. The van der Waals surface area contributed by atoms with Crippen LogP contribution in [0.4, 0.5) is 24.7 Å². The predicted molar refractivity (Wildman–Crippen MR) is 119 cm³/mol. The van der Waals surface area contributed by atoms with Gasteiger partial charge >= 0.3 is 6.18 Å². The van der Waals surface area contributed by atoms with Crippen LogP contribution in [0.25, 0.3) is 0 Å². The van der Waals surface area contributed by atoms with Crippen molar-refractivity contribution in [2.75, 3.05) is 23.3 Å². The fourth-order valence-electron chi connectivity index (χ4n) is 4.11. The lowest BCUT2D eigenvalue weighted by molar-refractivity contribution is -0.137. The van der Waals surface area contributed by atoms with Crippen molar-refractivity contribution < 1.29 is 22.8 Å². The average Bonchev–Trinajstić information content (AvgIpc) is 3.65. The predicted octanol–water partition coefficient (Wildman–Crippen LogP) is 4.54. The molecule has 1 aliphatic heterocycles. The Morgan fingerprint density at radius 2 is 1.79 bits per heavy atom. The van der Waals surface area contributed by atoms with Gasteiger partial charge in [-0.2, -0.15) is 13.2 Å². The van der Waals surface area contributed by atoms with E-state index in [0.29, 0.717) is 25.1 Å². The quantitative estimate of drug-likeness (QED) is 0.664. The largest absolute Gasteiger partial charge is 0.419 e. The zero-order valence-electron chi connectivity index (χ0n) is 18.4. The molecule has 6 nitrogen and oxygen atoms in total. The van der Waals surface area contributed by atoms with Crippen molar-refractivity contribution in [2.24, 2.45) is 11.8 Å². The van der Waals surface area contributed by atoms with Crippen molar-refractivity contribution >= 4 is 23.3 Å². The minimum Gasteiger partial charge on any atom is -0.355 e. The van der Waals surface area contributed by atoms with E-state index < -0.39 is 17.7 Å². The first kappa shape index (κ1) is 23.1. The second-order valence-corrected chi connectivity index (χ2v) is 8.77. The SMILES string of the molecule is CC(NC(=O)C1CCCN(c2ncccc2C(F)(F)F)C1)c1ccc(NC(=O)C2CC2)cc1. The van der Waals surface area contributed by atoms with Crippen LogP contribution in [0.5, 0.6) is 0 Å². The number of rotatable bonds is 6. The smallest absolute Gasteiger partial charge is 0.355 e. The molecule has 2 unspecified atom stereocenters. The summed E-state index contributed by atoms with van der Waals surface area (Å²) in [6, 6.07) is 9.33. The number of anilines is 2. The highest BCUT2D eigenvalue weighted by molar-refractivity contribution is 5.94. The monoisotopic (exact) mass is 460 g/mol. The number of amides is 2. The highest BCUT2D eigenvalue weighted by atomic mass is 19.4. The molecule has 0 bridgehead atoms. The van der Waals surface area contributed by atoms with Crippen LogP contribution in [-0.2, 0) is 15.8 Å². The lowest BCUT2D eigenvalue weighted by atomic mass is 9.96. The molecule has 9 heteroatoms. The first-order valence-electron chi connectivity index (χ1n) is 11.2. The Balaban J connectivity index is 1.37. The summed E-state index contributed by atoms with van der Waals surface area (Å²) in [6.07, 6.45) is -0.0807. The lowest BCUT2D eigenvalue weighted by Gasteiger charge is -2.34. The number of nitrogens with zero attached hydrogens (tertiary/aromatic N) is 2. The van der Waals surface area contributed by atoms with E-state index in [9.17, 15) is 22.8 Å². The van der Waals surface area contributed by atoms with E-state index in [1.54, 1.807) is 17.0 Å². The highest BCUT2D eigenvalue weighted by Gasteiger charge is 2.37. The van der Waals surface area contributed by atoms with E-state index in [0.717, 1.165) is 24.5 Å². The number of piperidine rings is 1. The van der Waals surface area contributed by atoms with Crippen LogP contribution < -0.4 is 15.5 Å². The second-order valence-electron chi connectivity index (χ2n) is 8.77. The molecule has 2 heterocycles. The van der Waals surface area contributed by atoms with Gasteiger partial charge in [0.05, 0.1) is 17.5 Å².